The van der Waals surface area contributed by atoms with Gasteiger partial charge in [-0.2, -0.15) is 0 Å². The van der Waals surface area contributed by atoms with Crippen LogP contribution in [0.4, 0.5) is 0 Å². The fraction of sp³-hybridized carbons (Fsp3) is 0.727. The normalized spacial score (nSPS) is 21.3. The quantitative estimate of drug-likeness (QED) is 0.876. The van der Waals surface area contributed by atoms with Gasteiger partial charge in [0.05, 0.1) is 5.25 Å². The van der Waals surface area contributed by atoms with Crippen molar-refractivity contribution in [1.29, 1.82) is 0 Å². The lowest BCUT2D eigenvalue weighted by Crippen LogP contribution is -2.21. The number of rotatable bonds is 4. The molecule has 0 aromatic carbocycles. The number of hydrogen-bond donors (Lipinski definition) is 1. The third-order valence-electron chi connectivity index (χ3n) is 2.74. The van der Waals surface area contributed by atoms with Crippen molar-refractivity contribution < 1.29 is 4.79 Å². The molecule has 1 aromatic rings. The number of aromatic nitrogens is 3. The van der Waals surface area contributed by atoms with Crippen LogP contribution in [0.5, 0.6) is 0 Å². The van der Waals surface area contributed by atoms with Gasteiger partial charge in [-0.3, -0.25) is 9.89 Å². The van der Waals surface area contributed by atoms with Gasteiger partial charge in [-0.15, -0.1) is 5.10 Å². The lowest BCUT2D eigenvalue weighted by Gasteiger charge is -2.17. The molecular formula is C11H17N3OS. The van der Waals surface area contributed by atoms with Crippen molar-refractivity contribution in [2.45, 2.75) is 55.9 Å². The molecule has 4 nitrogen and oxygen atoms in total. The first-order valence-electron chi connectivity index (χ1n) is 5.90. The Hall–Kier alpha value is -0.840. The van der Waals surface area contributed by atoms with Crippen LogP contribution in [0.15, 0.2) is 5.16 Å². The molecule has 1 aliphatic carbocycles. The van der Waals surface area contributed by atoms with Gasteiger partial charge in [0, 0.05) is 12.8 Å². The first-order chi connectivity index (χ1) is 7.79. The molecule has 0 bridgehead atoms. The van der Waals surface area contributed by atoms with Crippen LogP contribution in [0, 0.1) is 0 Å². The highest BCUT2D eigenvalue weighted by molar-refractivity contribution is 8.00. The minimum absolute atomic E-state index is 0.0824. The van der Waals surface area contributed by atoms with Gasteiger partial charge in [0.15, 0.2) is 0 Å². The lowest BCUT2D eigenvalue weighted by molar-refractivity contribution is -0.119. The van der Waals surface area contributed by atoms with E-state index in [0.717, 1.165) is 49.5 Å². The third kappa shape index (κ3) is 2.84. The molecule has 1 aromatic heterocycles. The van der Waals surface area contributed by atoms with E-state index in [1.807, 2.05) is 0 Å². The number of hydrogen-bond acceptors (Lipinski definition) is 4. The molecule has 0 amide bonds. The molecule has 0 spiro atoms. The Bertz CT molecular complexity index is 364. The van der Waals surface area contributed by atoms with E-state index in [-0.39, 0.29) is 5.25 Å². The standard InChI is InChI=1S/C11H17N3OS/c1-2-5-10-12-11(14-13-10)16-9-7-4-3-6-8(9)15/h9H,2-7H2,1H3,(H,12,13,14)/t9-/m1/s1. The Morgan fingerprint density at radius 3 is 3.12 bits per heavy atom. The van der Waals surface area contributed by atoms with E-state index in [1.165, 1.54) is 11.8 Å². The molecule has 0 saturated heterocycles. The van der Waals surface area contributed by atoms with Gasteiger partial charge in [-0.1, -0.05) is 25.1 Å². The summed E-state index contributed by atoms with van der Waals surface area (Å²) in [7, 11) is 0. The largest absolute Gasteiger partial charge is 0.298 e. The van der Waals surface area contributed by atoms with Gasteiger partial charge in [-0.05, 0) is 19.3 Å². The van der Waals surface area contributed by atoms with Crippen LogP contribution in [0.3, 0.4) is 0 Å². The van der Waals surface area contributed by atoms with Crippen LogP contribution in [0.2, 0.25) is 0 Å². The third-order valence-corrected chi connectivity index (χ3v) is 3.92. The number of carbonyl (C=O) groups is 1. The fourth-order valence-corrected chi connectivity index (χ4v) is 2.93. The van der Waals surface area contributed by atoms with Crippen molar-refractivity contribution in [3.8, 4) is 0 Å². The summed E-state index contributed by atoms with van der Waals surface area (Å²) in [5.41, 5.74) is 0. The lowest BCUT2D eigenvalue weighted by atomic mass is 9.99. The smallest absolute Gasteiger partial charge is 0.209 e. The second-order valence-electron chi connectivity index (χ2n) is 4.13. The van der Waals surface area contributed by atoms with Crippen molar-refractivity contribution >= 4 is 17.5 Å². The minimum atomic E-state index is 0.0824. The maximum atomic E-state index is 11.6. The average molecular weight is 239 g/mol. The van der Waals surface area contributed by atoms with Crippen LogP contribution in [0.25, 0.3) is 0 Å². The van der Waals surface area contributed by atoms with E-state index in [1.54, 1.807) is 0 Å². The Kier molecular flexibility index (Phi) is 3.98. The van der Waals surface area contributed by atoms with E-state index in [2.05, 4.69) is 22.1 Å². The number of H-pyrrole nitrogens is 1. The number of nitrogens with zero attached hydrogens (tertiary/aromatic N) is 2. The van der Waals surface area contributed by atoms with Crippen molar-refractivity contribution in [1.82, 2.24) is 15.2 Å². The number of nitrogens with one attached hydrogen (secondary N) is 1. The van der Waals surface area contributed by atoms with Crippen LogP contribution in [-0.4, -0.2) is 26.2 Å². The van der Waals surface area contributed by atoms with Crippen molar-refractivity contribution in [3.05, 3.63) is 5.82 Å². The summed E-state index contributed by atoms with van der Waals surface area (Å²) in [5.74, 6) is 1.28. The molecule has 2 rings (SSSR count). The maximum Gasteiger partial charge on any atom is 0.209 e. The van der Waals surface area contributed by atoms with Gasteiger partial charge >= 0.3 is 0 Å². The van der Waals surface area contributed by atoms with E-state index < -0.39 is 0 Å². The number of thioether (sulfide) groups is 1. The van der Waals surface area contributed by atoms with Gasteiger partial charge in [0.1, 0.15) is 11.6 Å². The molecule has 1 aliphatic rings. The van der Waals surface area contributed by atoms with Gasteiger partial charge < -0.3 is 0 Å². The number of aromatic amines is 1. The molecule has 1 atom stereocenters. The van der Waals surface area contributed by atoms with E-state index in [4.69, 9.17) is 0 Å². The van der Waals surface area contributed by atoms with Crippen LogP contribution in [-0.2, 0) is 11.2 Å². The Labute approximate surface area is 99.6 Å². The molecule has 1 heterocycles. The predicted molar refractivity (Wildman–Crippen MR) is 63.5 cm³/mol. The Morgan fingerprint density at radius 1 is 1.50 bits per heavy atom. The van der Waals surface area contributed by atoms with Gasteiger partial charge in [0.2, 0.25) is 5.16 Å². The number of Topliss-reactive ketones (excluding diaryl/α,β-unsaturated/α-hetero) is 1. The molecule has 88 valence electrons. The molecule has 16 heavy (non-hydrogen) atoms. The summed E-state index contributed by atoms with van der Waals surface area (Å²) >= 11 is 1.52. The predicted octanol–water partition coefficient (Wildman–Crippen LogP) is 2.36. The summed E-state index contributed by atoms with van der Waals surface area (Å²) in [6.07, 6.45) is 5.87. The van der Waals surface area contributed by atoms with Gasteiger partial charge in [-0.25, -0.2) is 4.98 Å². The fourth-order valence-electron chi connectivity index (χ4n) is 1.88. The van der Waals surface area contributed by atoms with E-state index in [0.29, 0.717) is 5.78 Å². The summed E-state index contributed by atoms with van der Waals surface area (Å²) < 4.78 is 0. The average Bonchev–Trinajstić information content (AvgIpc) is 2.70. The van der Waals surface area contributed by atoms with E-state index in [9.17, 15) is 4.79 Å². The molecule has 1 N–H and O–H groups in total. The molecule has 1 fully saturated rings. The summed E-state index contributed by atoms with van der Waals surface area (Å²) in [5, 5.41) is 7.86. The zero-order valence-electron chi connectivity index (χ0n) is 9.53. The second-order valence-corrected chi connectivity index (χ2v) is 5.30. The molecule has 0 radical (unpaired) electrons. The first kappa shape index (κ1) is 11.6. The van der Waals surface area contributed by atoms with E-state index >= 15 is 0 Å². The SMILES string of the molecule is CCCc1nc(S[C@@H]2CCCCC2=O)n[nH]1. The number of ketones is 1. The first-order valence-corrected chi connectivity index (χ1v) is 6.78. The molecule has 0 unspecified atom stereocenters. The highest BCUT2D eigenvalue weighted by atomic mass is 32.2. The highest BCUT2D eigenvalue weighted by Gasteiger charge is 2.24. The van der Waals surface area contributed by atoms with Crippen LogP contribution in [0.1, 0.15) is 44.9 Å². The zero-order chi connectivity index (χ0) is 11.4. The van der Waals surface area contributed by atoms with Gasteiger partial charge in [0.25, 0.3) is 0 Å². The molecule has 5 heteroatoms. The molecule has 0 aliphatic heterocycles. The number of aryl methyl sites for hydroxylation is 1. The Morgan fingerprint density at radius 2 is 2.38 bits per heavy atom. The van der Waals surface area contributed by atoms with Crippen LogP contribution < -0.4 is 0 Å². The topological polar surface area (TPSA) is 58.6 Å². The molecular weight excluding hydrogens is 222 g/mol. The number of carbonyl (C=O) groups excluding carboxylic acids is 1. The van der Waals surface area contributed by atoms with Crippen molar-refractivity contribution in [3.63, 3.8) is 0 Å². The monoisotopic (exact) mass is 239 g/mol. The maximum absolute atomic E-state index is 11.6. The van der Waals surface area contributed by atoms with Crippen molar-refractivity contribution in [2.75, 3.05) is 0 Å². The minimum Gasteiger partial charge on any atom is -0.298 e. The summed E-state index contributed by atoms with van der Waals surface area (Å²) in [6.45, 7) is 2.11. The second kappa shape index (κ2) is 5.48. The Balaban J connectivity index is 1.94. The van der Waals surface area contributed by atoms with Crippen LogP contribution >= 0.6 is 11.8 Å². The zero-order valence-corrected chi connectivity index (χ0v) is 10.3. The highest BCUT2D eigenvalue weighted by Crippen LogP contribution is 2.29. The molecule has 1 saturated carbocycles. The van der Waals surface area contributed by atoms with Crippen molar-refractivity contribution in [2.24, 2.45) is 0 Å². The summed E-state index contributed by atoms with van der Waals surface area (Å²) in [4.78, 5) is 16.0. The summed E-state index contributed by atoms with van der Waals surface area (Å²) in [6, 6.07) is 0.